The summed E-state index contributed by atoms with van der Waals surface area (Å²) in [4.78, 5) is 21.6. The van der Waals surface area contributed by atoms with Gasteiger partial charge in [0, 0.05) is 42.7 Å². The molecule has 0 N–H and O–H groups in total. The minimum absolute atomic E-state index is 0.0907. The van der Waals surface area contributed by atoms with Crippen molar-refractivity contribution in [2.24, 2.45) is 0 Å². The van der Waals surface area contributed by atoms with Gasteiger partial charge >= 0.3 is 0 Å². The molecule has 0 aliphatic carbocycles. The third-order valence-electron chi connectivity index (χ3n) is 5.26. The molecular weight excluding hydrogens is 384 g/mol. The van der Waals surface area contributed by atoms with Crippen LogP contribution in [0.5, 0.6) is 0 Å². The quantitative estimate of drug-likeness (QED) is 0.516. The van der Waals surface area contributed by atoms with Crippen molar-refractivity contribution >= 4 is 28.0 Å². The number of hydrogen-bond donors (Lipinski definition) is 0. The zero-order valence-electron chi connectivity index (χ0n) is 15.8. The van der Waals surface area contributed by atoms with Crippen LogP contribution in [0.15, 0.2) is 63.8 Å². The van der Waals surface area contributed by atoms with Crippen LogP contribution in [-0.2, 0) is 6.54 Å². The number of carbonyl (C=O) groups excluding carboxylic acids is 1. The van der Waals surface area contributed by atoms with Gasteiger partial charge in [0.05, 0.1) is 6.54 Å². The van der Waals surface area contributed by atoms with Crippen LogP contribution in [0.1, 0.15) is 16.2 Å². The topological polar surface area (TPSA) is 62.5 Å². The van der Waals surface area contributed by atoms with Crippen LogP contribution in [0, 0.1) is 0 Å². The van der Waals surface area contributed by atoms with E-state index in [-0.39, 0.29) is 5.91 Å². The lowest BCUT2D eigenvalue weighted by molar-refractivity contribution is 0.0615. The predicted octanol–water partition coefficient (Wildman–Crippen LogP) is 3.91. The molecule has 0 bridgehead atoms. The summed E-state index contributed by atoms with van der Waals surface area (Å²) in [6.45, 7) is 3.56. The van der Waals surface area contributed by atoms with Gasteiger partial charge in [-0.05, 0) is 34.4 Å². The van der Waals surface area contributed by atoms with Crippen molar-refractivity contribution in [2.45, 2.75) is 6.54 Å². The Hall–Kier alpha value is -3.03. The van der Waals surface area contributed by atoms with Crippen molar-refractivity contribution in [3.8, 4) is 11.4 Å². The Labute approximate surface area is 172 Å². The van der Waals surface area contributed by atoms with Crippen molar-refractivity contribution in [3.63, 3.8) is 0 Å². The lowest BCUT2D eigenvalue weighted by Crippen LogP contribution is -2.48. The first-order valence-corrected chi connectivity index (χ1v) is 10.6. The summed E-state index contributed by atoms with van der Waals surface area (Å²) >= 11 is 1.61. The second-order valence-corrected chi connectivity index (χ2v) is 7.93. The molecule has 0 unspecified atom stereocenters. The van der Waals surface area contributed by atoms with Crippen molar-refractivity contribution in [3.05, 3.63) is 70.7 Å². The first kappa shape index (κ1) is 18.0. The molecule has 1 aliphatic heterocycles. The number of amides is 1. The van der Waals surface area contributed by atoms with Crippen LogP contribution >= 0.6 is 11.3 Å². The van der Waals surface area contributed by atoms with Crippen LogP contribution < -0.4 is 0 Å². The molecule has 0 spiro atoms. The van der Waals surface area contributed by atoms with Gasteiger partial charge in [-0.3, -0.25) is 9.69 Å². The number of benzene rings is 2. The minimum Gasteiger partial charge on any atom is -0.338 e. The summed E-state index contributed by atoms with van der Waals surface area (Å²) in [7, 11) is 0. The molecular formula is C22H20N4O2S. The van der Waals surface area contributed by atoms with Gasteiger partial charge in [-0.15, -0.1) is 0 Å². The van der Waals surface area contributed by atoms with Gasteiger partial charge < -0.3 is 9.42 Å². The molecule has 6 nitrogen and oxygen atoms in total. The van der Waals surface area contributed by atoms with Crippen LogP contribution in [0.25, 0.3) is 22.2 Å². The fourth-order valence-corrected chi connectivity index (χ4v) is 4.27. The van der Waals surface area contributed by atoms with Crippen molar-refractivity contribution in [2.75, 3.05) is 26.2 Å². The first-order chi connectivity index (χ1) is 14.3. The normalized spacial score (nSPS) is 15.1. The highest BCUT2D eigenvalue weighted by atomic mass is 32.1. The minimum atomic E-state index is 0.0907. The maximum atomic E-state index is 12.9. The summed E-state index contributed by atoms with van der Waals surface area (Å²) in [5.41, 5.74) is 1.73. The van der Waals surface area contributed by atoms with E-state index in [0.717, 1.165) is 35.0 Å². The molecule has 3 heterocycles. The van der Waals surface area contributed by atoms with E-state index < -0.39 is 0 Å². The zero-order chi connectivity index (χ0) is 19.6. The molecule has 2 aromatic heterocycles. The second-order valence-electron chi connectivity index (χ2n) is 7.15. The molecule has 1 saturated heterocycles. The zero-order valence-corrected chi connectivity index (χ0v) is 16.6. The highest BCUT2D eigenvalue weighted by Crippen LogP contribution is 2.20. The van der Waals surface area contributed by atoms with E-state index in [1.807, 2.05) is 58.1 Å². The van der Waals surface area contributed by atoms with E-state index in [4.69, 9.17) is 4.52 Å². The van der Waals surface area contributed by atoms with Gasteiger partial charge in [0.1, 0.15) is 0 Å². The standard InChI is InChI=1S/C22H20N4O2S/c27-22(18-6-5-16-3-1-2-4-17(16)13-18)26-10-8-25(9-11-26)14-20-23-21(24-28-20)19-7-12-29-15-19/h1-7,12-13,15H,8-11,14H2. The van der Waals surface area contributed by atoms with E-state index in [1.165, 1.54) is 0 Å². The van der Waals surface area contributed by atoms with Crippen LogP contribution in [0.2, 0.25) is 0 Å². The van der Waals surface area contributed by atoms with E-state index in [9.17, 15) is 4.79 Å². The Balaban J connectivity index is 1.20. The van der Waals surface area contributed by atoms with E-state index in [2.05, 4.69) is 21.1 Å². The van der Waals surface area contributed by atoms with Gasteiger partial charge in [-0.2, -0.15) is 16.3 Å². The molecule has 0 atom stereocenters. The lowest BCUT2D eigenvalue weighted by Gasteiger charge is -2.34. The molecule has 5 rings (SSSR count). The van der Waals surface area contributed by atoms with Gasteiger partial charge in [0.25, 0.3) is 5.91 Å². The molecule has 7 heteroatoms. The highest BCUT2D eigenvalue weighted by Gasteiger charge is 2.23. The summed E-state index contributed by atoms with van der Waals surface area (Å²) in [6, 6.07) is 16.0. The van der Waals surface area contributed by atoms with Crippen LogP contribution in [0.4, 0.5) is 0 Å². The highest BCUT2D eigenvalue weighted by molar-refractivity contribution is 7.08. The predicted molar refractivity (Wildman–Crippen MR) is 113 cm³/mol. The number of aromatic nitrogens is 2. The van der Waals surface area contributed by atoms with Gasteiger partial charge in [-0.25, -0.2) is 0 Å². The monoisotopic (exact) mass is 404 g/mol. The SMILES string of the molecule is O=C(c1ccc2ccccc2c1)N1CCN(Cc2nc(-c3ccsc3)no2)CC1. The van der Waals surface area contributed by atoms with Crippen molar-refractivity contribution in [1.29, 1.82) is 0 Å². The van der Waals surface area contributed by atoms with Gasteiger partial charge in [0.15, 0.2) is 0 Å². The Kier molecular flexibility index (Phi) is 4.83. The average Bonchev–Trinajstić information content (AvgIpc) is 3.45. The van der Waals surface area contributed by atoms with Crippen LogP contribution in [-0.4, -0.2) is 52.0 Å². The Bertz CT molecular complexity index is 1130. The number of piperazine rings is 1. The number of nitrogens with zero attached hydrogens (tertiary/aromatic N) is 4. The van der Waals surface area contributed by atoms with Crippen molar-refractivity contribution < 1.29 is 9.32 Å². The number of fused-ring (bicyclic) bond motifs is 1. The van der Waals surface area contributed by atoms with E-state index >= 15 is 0 Å². The number of hydrogen-bond acceptors (Lipinski definition) is 6. The summed E-state index contributed by atoms with van der Waals surface area (Å²) in [6.07, 6.45) is 0. The molecule has 1 amide bonds. The number of carbonyl (C=O) groups is 1. The summed E-state index contributed by atoms with van der Waals surface area (Å²) in [5, 5.41) is 10.3. The molecule has 29 heavy (non-hydrogen) atoms. The molecule has 2 aromatic carbocycles. The maximum absolute atomic E-state index is 12.9. The van der Waals surface area contributed by atoms with E-state index in [0.29, 0.717) is 31.3 Å². The third-order valence-corrected chi connectivity index (χ3v) is 5.95. The number of thiophene rings is 1. The first-order valence-electron chi connectivity index (χ1n) is 9.62. The fraction of sp³-hybridized carbons (Fsp3) is 0.227. The van der Waals surface area contributed by atoms with E-state index in [1.54, 1.807) is 11.3 Å². The summed E-state index contributed by atoms with van der Waals surface area (Å²) in [5.74, 6) is 1.33. The summed E-state index contributed by atoms with van der Waals surface area (Å²) < 4.78 is 5.40. The average molecular weight is 404 g/mol. The van der Waals surface area contributed by atoms with Crippen molar-refractivity contribution in [1.82, 2.24) is 19.9 Å². The molecule has 0 radical (unpaired) electrons. The molecule has 1 aliphatic rings. The third kappa shape index (κ3) is 3.79. The molecule has 146 valence electrons. The Morgan fingerprint density at radius 3 is 2.66 bits per heavy atom. The Morgan fingerprint density at radius 2 is 1.86 bits per heavy atom. The smallest absolute Gasteiger partial charge is 0.253 e. The maximum Gasteiger partial charge on any atom is 0.253 e. The fourth-order valence-electron chi connectivity index (χ4n) is 3.63. The Morgan fingerprint density at radius 1 is 1.03 bits per heavy atom. The largest absolute Gasteiger partial charge is 0.338 e. The van der Waals surface area contributed by atoms with Crippen LogP contribution in [0.3, 0.4) is 0 Å². The molecule has 4 aromatic rings. The second kappa shape index (κ2) is 7.77. The number of rotatable bonds is 4. The lowest BCUT2D eigenvalue weighted by atomic mass is 10.1. The molecule has 1 fully saturated rings. The van der Waals surface area contributed by atoms with Gasteiger partial charge in [-0.1, -0.05) is 35.5 Å². The van der Waals surface area contributed by atoms with Gasteiger partial charge in [0.2, 0.25) is 11.7 Å². The molecule has 0 saturated carbocycles.